The van der Waals surface area contributed by atoms with Crippen LogP contribution in [-0.4, -0.2) is 115 Å². The zero-order chi connectivity index (χ0) is 63.8. The third-order valence-electron chi connectivity index (χ3n) is 24.0. The number of aliphatic hydroxyl groups is 8. The van der Waals surface area contributed by atoms with Gasteiger partial charge in [0.15, 0.2) is 0 Å². The van der Waals surface area contributed by atoms with Crippen molar-refractivity contribution in [2.75, 3.05) is 19.8 Å². The monoisotopic (exact) mass is 1210 g/mol. The van der Waals surface area contributed by atoms with E-state index in [0.717, 1.165) is 77.8 Å². The molecule has 18 atom stereocenters. The summed E-state index contributed by atoms with van der Waals surface area (Å²) < 4.78 is 11.9. The summed E-state index contributed by atoms with van der Waals surface area (Å²) >= 11 is 0. The minimum Gasteiger partial charge on any atom is -0.393 e. The maximum atomic E-state index is 10.1. The van der Waals surface area contributed by atoms with Crippen LogP contribution >= 0.6 is 0 Å². The molecule has 9 rings (SSSR count). The molecule has 0 radical (unpaired) electrons. The molecule has 9 aliphatic carbocycles. The van der Waals surface area contributed by atoms with Gasteiger partial charge in [-0.25, -0.2) is 0 Å². The van der Waals surface area contributed by atoms with E-state index in [1.807, 2.05) is 27.7 Å². The Morgan fingerprint density at radius 1 is 0.517 bits per heavy atom. The fourth-order valence-electron chi connectivity index (χ4n) is 19.0. The molecule has 9 saturated carbocycles. The Kier molecular flexibility index (Phi) is 25.4. The Balaban J connectivity index is 0.000000187. The first-order chi connectivity index (χ1) is 40.9. The fourth-order valence-corrected chi connectivity index (χ4v) is 19.0. The molecule has 0 aromatic heterocycles. The smallest absolute Gasteiger partial charge is 0.0811 e. The van der Waals surface area contributed by atoms with E-state index in [2.05, 4.69) is 105 Å². The van der Waals surface area contributed by atoms with Crippen LogP contribution < -0.4 is 0 Å². The van der Waals surface area contributed by atoms with Gasteiger partial charge < -0.3 is 50.3 Å². The first-order valence-electron chi connectivity index (χ1n) is 34.9. The van der Waals surface area contributed by atoms with Gasteiger partial charge in [-0.05, 0) is 267 Å². The Morgan fingerprint density at radius 2 is 0.874 bits per heavy atom. The number of rotatable bonds is 17. The Hall–Kier alpha value is -2.74. The van der Waals surface area contributed by atoms with Gasteiger partial charge in [0, 0.05) is 39.1 Å². The summed E-state index contributed by atoms with van der Waals surface area (Å²) in [4.78, 5) is 0. The quantitative estimate of drug-likeness (QED) is 0.0698. The van der Waals surface area contributed by atoms with Crippen molar-refractivity contribution in [1.82, 2.24) is 0 Å². The van der Waals surface area contributed by atoms with Crippen LogP contribution in [0.2, 0.25) is 0 Å². The summed E-state index contributed by atoms with van der Waals surface area (Å²) in [5.41, 5.74) is 9.72. The molecule has 87 heavy (non-hydrogen) atoms. The topological polar surface area (TPSA) is 180 Å². The normalized spacial score (nSPS) is 39.6. The van der Waals surface area contributed by atoms with Gasteiger partial charge in [-0.1, -0.05) is 120 Å². The van der Waals surface area contributed by atoms with Gasteiger partial charge in [-0.3, -0.25) is 0 Å². The Labute approximate surface area is 528 Å². The highest BCUT2D eigenvalue weighted by molar-refractivity contribution is 5.41. The molecular formula is C77H124O10. The maximum absolute atomic E-state index is 10.1. The van der Waals surface area contributed by atoms with E-state index in [1.165, 1.54) is 102 Å². The lowest BCUT2D eigenvalue weighted by Gasteiger charge is -2.44. The Bertz CT molecular complexity index is 2400. The molecule has 0 heterocycles. The number of hydrogen-bond acceptors (Lipinski definition) is 10. The van der Waals surface area contributed by atoms with Crippen LogP contribution in [0.1, 0.15) is 237 Å². The maximum Gasteiger partial charge on any atom is 0.0811 e. The molecule has 0 aliphatic heterocycles. The Morgan fingerprint density at radius 3 is 1.24 bits per heavy atom. The SMILES string of the molecule is C=C1/C(=C\C=C2/CCC[C@]3(C)[C@@H]([C@H](C)CCCC(C)(C)O)CC[C@@H]23)C[C@@H](O)C[C@@H]1O.C=C1/C(=C\C=C2/CCC[C@]3(C)[C@@H]([C@H](C)COCC)CC[C@@H]23)C[C@@H](O)C[C@@H]1O.C=C1/C(=C\C=C2/CCC[C@]3(C)[C@@H]([C@H](C)OCCC(C)(C)O)CC[C@@H]23)C[C@@H](O)C[C@@H]1O. The second-order valence-electron chi connectivity index (χ2n) is 31.4. The molecular weight excluding hydrogens is 1080 g/mol. The molecule has 8 N–H and O–H groups in total. The van der Waals surface area contributed by atoms with Crippen molar-refractivity contribution in [3.8, 4) is 0 Å². The third-order valence-corrected chi connectivity index (χ3v) is 24.0. The second kappa shape index (κ2) is 30.8. The van der Waals surface area contributed by atoms with Gasteiger partial charge in [0.2, 0.25) is 0 Å². The average molecular weight is 1210 g/mol. The predicted molar refractivity (Wildman–Crippen MR) is 355 cm³/mol. The van der Waals surface area contributed by atoms with Crippen molar-refractivity contribution >= 4 is 0 Å². The van der Waals surface area contributed by atoms with Crippen molar-refractivity contribution in [2.45, 2.75) is 291 Å². The molecule has 492 valence electrons. The first-order valence-corrected chi connectivity index (χ1v) is 34.9. The lowest BCUT2D eigenvalue weighted by Crippen LogP contribution is -2.39. The van der Waals surface area contributed by atoms with Crippen LogP contribution in [0.3, 0.4) is 0 Å². The van der Waals surface area contributed by atoms with E-state index in [4.69, 9.17) is 9.47 Å². The van der Waals surface area contributed by atoms with E-state index < -0.39 is 47.8 Å². The molecule has 0 bridgehead atoms. The summed E-state index contributed by atoms with van der Waals surface area (Å²) in [5, 5.41) is 80.4. The van der Waals surface area contributed by atoms with Crippen molar-refractivity contribution in [3.05, 3.63) is 106 Å². The highest BCUT2D eigenvalue weighted by Gasteiger charge is 2.53. The van der Waals surface area contributed by atoms with Crippen LogP contribution in [0.25, 0.3) is 0 Å². The molecule has 0 spiro atoms. The van der Waals surface area contributed by atoms with Crippen molar-refractivity contribution in [2.24, 2.45) is 63.6 Å². The van der Waals surface area contributed by atoms with Gasteiger partial charge >= 0.3 is 0 Å². The number of hydrogen-bond donors (Lipinski definition) is 8. The third kappa shape index (κ3) is 18.1. The molecule has 9 aliphatic rings. The summed E-state index contributed by atoms with van der Waals surface area (Å²) in [6.07, 6.45) is 35.6. The lowest BCUT2D eigenvalue weighted by atomic mass is 9.60. The van der Waals surface area contributed by atoms with Gasteiger partial charge in [-0.2, -0.15) is 0 Å². The summed E-state index contributed by atoms with van der Waals surface area (Å²) in [6, 6.07) is 0. The van der Waals surface area contributed by atoms with Crippen LogP contribution in [0.5, 0.6) is 0 Å². The van der Waals surface area contributed by atoms with Crippen LogP contribution in [0.4, 0.5) is 0 Å². The van der Waals surface area contributed by atoms with E-state index in [9.17, 15) is 40.9 Å². The molecule has 0 aromatic rings. The second-order valence-corrected chi connectivity index (χ2v) is 31.4. The summed E-state index contributed by atoms with van der Waals surface area (Å²) in [5.74, 6) is 5.21. The van der Waals surface area contributed by atoms with Crippen molar-refractivity contribution < 1.29 is 50.3 Å². The van der Waals surface area contributed by atoms with Crippen LogP contribution in [-0.2, 0) is 9.47 Å². The number of ether oxygens (including phenoxy) is 2. The minimum atomic E-state index is -0.680. The molecule has 0 amide bonds. The molecule has 0 aromatic carbocycles. The van der Waals surface area contributed by atoms with E-state index in [1.54, 1.807) is 11.1 Å². The summed E-state index contributed by atoms with van der Waals surface area (Å²) in [7, 11) is 0. The van der Waals surface area contributed by atoms with Crippen LogP contribution in [0.15, 0.2) is 106 Å². The molecule has 0 unspecified atom stereocenters. The summed E-state index contributed by atoms with van der Waals surface area (Å²) in [6.45, 7) is 38.5. The van der Waals surface area contributed by atoms with Crippen molar-refractivity contribution in [1.29, 1.82) is 0 Å². The average Bonchev–Trinajstić information content (AvgIpc) is 1.72. The van der Waals surface area contributed by atoms with E-state index in [-0.39, 0.29) is 11.5 Å². The zero-order valence-corrected chi connectivity index (χ0v) is 56.4. The zero-order valence-electron chi connectivity index (χ0n) is 56.4. The van der Waals surface area contributed by atoms with Crippen LogP contribution in [0, 0.1) is 63.6 Å². The van der Waals surface area contributed by atoms with Gasteiger partial charge in [0.25, 0.3) is 0 Å². The highest BCUT2D eigenvalue weighted by atomic mass is 16.5. The first kappa shape index (κ1) is 71.7. The van der Waals surface area contributed by atoms with Gasteiger partial charge in [-0.15, -0.1) is 0 Å². The van der Waals surface area contributed by atoms with Gasteiger partial charge in [0.05, 0.1) is 53.9 Å². The van der Waals surface area contributed by atoms with Crippen molar-refractivity contribution in [3.63, 3.8) is 0 Å². The number of allylic oxidation sites excluding steroid dienone is 9. The predicted octanol–water partition coefficient (Wildman–Crippen LogP) is 15.2. The van der Waals surface area contributed by atoms with Gasteiger partial charge in [0.1, 0.15) is 0 Å². The molecule has 10 nitrogen and oxygen atoms in total. The number of aliphatic hydroxyl groups excluding tert-OH is 6. The highest BCUT2D eigenvalue weighted by Crippen LogP contribution is 2.62. The molecule has 9 fully saturated rings. The lowest BCUT2D eigenvalue weighted by molar-refractivity contribution is -0.0454. The fraction of sp³-hybridized carbons (Fsp3) is 0.766. The molecule has 0 saturated heterocycles. The minimum absolute atomic E-state index is 0.198. The number of fused-ring (bicyclic) bond motifs is 3. The van der Waals surface area contributed by atoms with E-state index >= 15 is 0 Å². The largest absolute Gasteiger partial charge is 0.393 e. The standard InChI is InChI=1S/C27H44O3.C26H42O4.C24H38O3/c1-18(8-6-14-26(3,4)30)23-12-13-24-20(9-7-15-27(23,24)5)10-11-21-16-22(28)17-25(29)19(21)2;1-17-20(15-21(27)16-24(17)28)9-8-19-7-6-12-26(5)22(10-11-23(19)26)18(2)30-14-13-25(3,4)29;1-5-27-15-16(2)21-10-11-22-18(7-6-12-24(21,22)4)8-9-19-13-20(25)14-23(26)17(19)3/h10-11,18,22-25,28-30H,2,6-9,12-17H2,1,3-5H3;8-9,18,21-24,27-29H,1,6-7,10-16H2,2-5H3;8-9,16,20-23,25-26H,3,5-7,10-15H2,1-2,4H3/b20-10+,21-11-;19-8+,20-9-;18-8+,19-9-/t18-,22-,23-,24+,25+,27-;18-,21+,22+,23-,24-,26+;16-,20-,21-,22+,23+,24-/m101/s1. The van der Waals surface area contributed by atoms with E-state index in [0.29, 0.717) is 97.9 Å². The molecule has 10 heteroatoms.